The number of carboxylic acid groups (broad SMARTS) is 1. The molecular formula is C22H44NO4+. The molecule has 0 heterocycles. The first kappa shape index (κ1) is 26.1. The first-order valence-electron chi connectivity index (χ1n) is 10.9. The lowest BCUT2D eigenvalue weighted by Crippen LogP contribution is -2.43. The van der Waals surface area contributed by atoms with Gasteiger partial charge in [-0.25, -0.2) is 0 Å². The molecule has 1 N–H and O–H groups in total. The molecule has 0 radical (unpaired) electrons. The highest BCUT2D eigenvalue weighted by Crippen LogP contribution is 2.12. The van der Waals surface area contributed by atoms with Crippen LogP contribution in [0.15, 0.2) is 0 Å². The standard InChI is InChI=1S/C22H43NO4/c1-5-6-7-8-9-10-11-12-13-14-15-16-20(24)19-27-21(17-22(25)26)18-23(2,3)4/h21H,5-19H2,1-4H3/p+1. The molecule has 0 amide bonds. The third kappa shape index (κ3) is 19.6. The quantitative estimate of drug-likeness (QED) is 0.255. The zero-order chi connectivity index (χ0) is 20.5. The number of rotatable bonds is 19. The Morgan fingerprint density at radius 3 is 1.78 bits per heavy atom. The molecule has 160 valence electrons. The Kier molecular flexibility index (Phi) is 15.5. The summed E-state index contributed by atoms with van der Waals surface area (Å²) in [5.41, 5.74) is 0. The summed E-state index contributed by atoms with van der Waals surface area (Å²) in [4.78, 5) is 22.9. The van der Waals surface area contributed by atoms with Crippen molar-refractivity contribution in [2.24, 2.45) is 0 Å². The van der Waals surface area contributed by atoms with Gasteiger partial charge in [0.25, 0.3) is 0 Å². The van der Waals surface area contributed by atoms with Crippen LogP contribution in [0, 0.1) is 0 Å². The normalized spacial score (nSPS) is 12.9. The van der Waals surface area contributed by atoms with Gasteiger partial charge in [0, 0.05) is 6.42 Å². The van der Waals surface area contributed by atoms with Crippen molar-refractivity contribution in [2.45, 2.75) is 96.5 Å². The zero-order valence-electron chi connectivity index (χ0n) is 18.3. The largest absolute Gasteiger partial charge is 0.481 e. The number of Topliss-reactive ketones (excluding diaryl/α,β-unsaturated/α-hetero) is 1. The summed E-state index contributed by atoms with van der Waals surface area (Å²) < 4.78 is 6.21. The van der Waals surface area contributed by atoms with Gasteiger partial charge in [-0.2, -0.15) is 0 Å². The van der Waals surface area contributed by atoms with E-state index < -0.39 is 12.1 Å². The minimum absolute atomic E-state index is 0.0374. The van der Waals surface area contributed by atoms with Crippen molar-refractivity contribution >= 4 is 11.8 Å². The lowest BCUT2D eigenvalue weighted by atomic mass is 10.0. The molecule has 0 aromatic rings. The van der Waals surface area contributed by atoms with Gasteiger partial charge in [-0.05, 0) is 6.42 Å². The van der Waals surface area contributed by atoms with Crippen LogP contribution in [-0.2, 0) is 14.3 Å². The highest BCUT2D eigenvalue weighted by atomic mass is 16.5. The Morgan fingerprint density at radius 2 is 1.33 bits per heavy atom. The van der Waals surface area contributed by atoms with E-state index >= 15 is 0 Å². The number of carboxylic acids is 1. The summed E-state index contributed by atoms with van der Waals surface area (Å²) in [6, 6.07) is 0. The number of hydrogen-bond donors (Lipinski definition) is 1. The van der Waals surface area contributed by atoms with Crippen molar-refractivity contribution in [1.82, 2.24) is 0 Å². The van der Waals surface area contributed by atoms with E-state index in [0.717, 1.165) is 12.8 Å². The van der Waals surface area contributed by atoms with Crippen molar-refractivity contribution in [3.63, 3.8) is 0 Å². The first-order chi connectivity index (χ1) is 12.7. The molecule has 27 heavy (non-hydrogen) atoms. The smallest absolute Gasteiger partial charge is 0.306 e. The summed E-state index contributed by atoms with van der Waals surface area (Å²) in [7, 11) is 5.97. The Bertz CT molecular complexity index is 390. The summed E-state index contributed by atoms with van der Waals surface area (Å²) >= 11 is 0. The average Bonchev–Trinajstić information content (AvgIpc) is 2.55. The molecule has 0 bridgehead atoms. The number of hydrogen-bond acceptors (Lipinski definition) is 3. The number of unbranched alkanes of at least 4 members (excludes halogenated alkanes) is 10. The molecular weight excluding hydrogens is 342 g/mol. The molecule has 5 nitrogen and oxygen atoms in total. The van der Waals surface area contributed by atoms with Crippen molar-refractivity contribution in [1.29, 1.82) is 0 Å². The molecule has 0 aromatic carbocycles. The highest BCUT2D eigenvalue weighted by Gasteiger charge is 2.22. The third-order valence-corrected chi connectivity index (χ3v) is 4.69. The molecule has 0 fully saturated rings. The van der Waals surface area contributed by atoms with Gasteiger partial charge >= 0.3 is 5.97 Å². The van der Waals surface area contributed by atoms with E-state index in [9.17, 15) is 9.59 Å². The van der Waals surface area contributed by atoms with Crippen molar-refractivity contribution in [3.8, 4) is 0 Å². The number of quaternary nitrogens is 1. The minimum atomic E-state index is -0.883. The van der Waals surface area contributed by atoms with Crippen LogP contribution in [-0.4, -0.2) is 61.7 Å². The molecule has 1 unspecified atom stereocenters. The van der Waals surface area contributed by atoms with Crippen molar-refractivity contribution in [2.75, 3.05) is 34.3 Å². The Labute approximate surface area is 167 Å². The van der Waals surface area contributed by atoms with Gasteiger partial charge in [0.15, 0.2) is 5.78 Å². The SMILES string of the molecule is CCCCCCCCCCCCCC(=O)COC(CC(=O)O)C[N+](C)(C)C. The Morgan fingerprint density at radius 1 is 0.852 bits per heavy atom. The van der Waals surface area contributed by atoms with Gasteiger partial charge in [0.05, 0.1) is 27.6 Å². The lowest BCUT2D eigenvalue weighted by molar-refractivity contribution is -0.873. The highest BCUT2D eigenvalue weighted by molar-refractivity contribution is 5.79. The van der Waals surface area contributed by atoms with E-state index in [2.05, 4.69) is 6.92 Å². The first-order valence-corrected chi connectivity index (χ1v) is 10.9. The maximum absolute atomic E-state index is 12.0. The average molecular weight is 387 g/mol. The van der Waals surface area contributed by atoms with Gasteiger partial charge in [0.1, 0.15) is 19.3 Å². The third-order valence-electron chi connectivity index (χ3n) is 4.69. The molecule has 0 aliphatic carbocycles. The predicted octanol–water partition coefficient (Wildman–Crippen LogP) is 4.82. The van der Waals surface area contributed by atoms with E-state index in [1.54, 1.807) is 0 Å². The minimum Gasteiger partial charge on any atom is -0.481 e. The lowest BCUT2D eigenvalue weighted by Gasteiger charge is -2.28. The number of nitrogens with zero attached hydrogens (tertiary/aromatic N) is 1. The van der Waals surface area contributed by atoms with Crippen LogP contribution >= 0.6 is 0 Å². The molecule has 1 atom stereocenters. The van der Waals surface area contributed by atoms with Crippen LogP contribution < -0.4 is 0 Å². The van der Waals surface area contributed by atoms with Crippen molar-refractivity contribution in [3.05, 3.63) is 0 Å². The molecule has 0 saturated heterocycles. The fourth-order valence-corrected chi connectivity index (χ4v) is 3.25. The predicted molar refractivity (Wildman–Crippen MR) is 111 cm³/mol. The number of likely N-dealkylation sites (N-methyl/N-ethyl adjacent to an activating group) is 1. The second kappa shape index (κ2) is 16.1. The van der Waals surface area contributed by atoms with Gasteiger partial charge in [-0.15, -0.1) is 0 Å². The summed E-state index contributed by atoms with van der Waals surface area (Å²) in [5.74, 6) is -0.797. The number of ketones is 1. The van der Waals surface area contributed by atoms with Gasteiger partial charge in [-0.3, -0.25) is 9.59 Å². The second-order valence-electron chi connectivity index (χ2n) is 8.83. The van der Waals surface area contributed by atoms with Crippen LogP contribution in [0.4, 0.5) is 0 Å². The fourth-order valence-electron chi connectivity index (χ4n) is 3.25. The van der Waals surface area contributed by atoms with E-state index in [0.29, 0.717) is 17.4 Å². The summed E-state index contributed by atoms with van der Waals surface area (Å²) in [5, 5.41) is 8.99. The van der Waals surface area contributed by atoms with Crippen LogP contribution in [0.5, 0.6) is 0 Å². The summed E-state index contributed by atoms with van der Waals surface area (Å²) in [6.07, 6.45) is 14.0. The molecule has 0 rings (SSSR count). The number of ether oxygens (including phenoxy) is 1. The van der Waals surface area contributed by atoms with Gasteiger partial charge < -0.3 is 14.3 Å². The molecule has 5 heteroatoms. The Hall–Kier alpha value is -0.940. The molecule has 0 saturated carbocycles. The molecule has 0 aliphatic rings. The monoisotopic (exact) mass is 386 g/mol. The maximum atomic E-state index is 12.0. The van der Waals surface area contributed by atoms with E-state index in [1.807, 2.05) is 21.1 Å². The van der Waals surface area contributed by atoms with Crippen LogP contribution in [0.25, 0.3) is 0 Å². The van der Waals surface area contributed by atoms with Gasteiger partial charge in [0.2, 0.25) is 0 Å². The molecule has 0 aliphatic heterocycles. The number of aliphatic carboxylic acids is 1. The van der Waals surface area contributed by atoms with Crippen LogP contribution in [0.1, 0.15) is 90.4 Å². The number of carbonyl (C=O) groups excluding carboxylic acids is 1. The van der Waals surface area contributed by atoms with Crippen LogP contribution in [0.3, 0.4) is 0 Å². The topological polar surface area (TPSA) is 63.6 Å². The Balaban J connectivity index is 3.67. The van der Waals surface area contributed by atoms with E-state index in [-0.39, 0.29) is 18.8 Å². The van der Waals surface area contributed by atoms with Gasteiger partial charge in [-0.1, -0.05) is 71.1 Å². The maximum Gasteiger partial charge on any atom is 0.306 e. The fraction of sp³-hybridized carbons (Fsp3) is 0.909. The van der Waals surface area contributed by atoms with Crippen LogP contribution in [0.2, 0.25) is 0 Å². The summed E-state index contributed by atoms with van der Waals surface area (Å²) in [6.45, 7) is 2.87. The van der Waals surface area contributed by atoms with E-state index in [1.165, 1.54) is 57.8 Å². The second-order valence-corrected chi connectivity index (χ2v) is 8.83. The number of carbonyl (C=O) groups is 2. The zero-order valence-corrected chi connectivity index (χ0v) is 18.3. The molecule has 0 aromatic heterocycles. The van der Waals surface area contributed by atoms with E-state index in [4.69, 9.17) is 9.84 Å². The molecule has 0 spiro atoms. The van der Waals surface area contributed by atoms with Crippen molar-refractivity contribution < 1.29 is 23.9 Å².